The van der Waals surface area contributed by atoms with E-state index in [1.165, 1.54) is 0 Å². The molecule has 0 amide bonds. The molecule has 0 unspecified atom stereocenters. The van der Waals surface area contributed by atoms with Crippen LogP contribution in [0.4, 0.5) is 5.95 Å². The Balaban J connectivity index is 1.92. The molecule has 3 aromatic heterocycles. The number of hydrogen-bond acceptors (Lipinski definition) is 6. The Labute approximate surface area is 102 Å². The average molecular weight is 245 g/mol. The van der Waals surface area contributed by atoms with E-state index in [2.05, 4.69) is 25.3 Å². The van der Waals surface area contributed by atoms with Crippen LogP contribution in [0.15, 0.2) is 29.1 Å². The Bertz CT molecular complexity index is 647. The predicted octanol–water partition coefficient (Wildman–Crippen LogP) is 1.57. The van der Waals surface area contributed by atoms with Crippen molar-refractivity contribution in [1.82, 2.24) is 19.9 Å². The highest BCUT2D eigenvalue weighted by atomic mass is 16.5. The van der Waals surface area contributed by atoms with Gasteiger partial charge >= 0.3 is 0 Å². The molecule has 2 N–H and O–H groups in total. The van der Waals surface area contributed by atoms with Gasteiger partial charge in [-0.3, -0.25) is 0 Å². The summed E-state index contributed by atoms with van der Waals surface area (Å²) in [4.78, 5) is 15.5. The fourth-order valence-corrected chi connectivity index (χ4v) is 1.56. The van der Waals surface area contributed by atoms with Crippen LogP contribution in [0.1, 0.15) is 5.76 Å². The number of nitrogens with one attached hydrogen (secondary N) is 2. The highest BCUT2D eigenvalue weighted by Crippen LogP contribution is 2.21. The summed E-state index contributed by atoms with van der Waals surface area (Å²) in [5, 5.41) is 2.86. The zero-order valence-corrected chi connectivity index (χ0v) is 9.67. The van der Waals surface area contributed by atoms with E-state index in [0.717, 1.165) is 5.76 Å². The number of nitrogens with zero attached hydrogens (tertiary/aromatic N) is 3. The van der Waals surface area contributed by atoms with E-state index in [9.17, 15) is 0 Å². The molecule has 0 saturated carbocycles. The molecule has 0 aromatic carbocycles. The van der Waals surface area contributed by atoms with Crippen LogP contribution in [-0.4, -0.2) is 27.0 Å². The van der Waals surface area contributed by atoms with Crippen LogP contribution in [0.25, 0.3) is 11.2 Å². The van der Waals surface area contributed by atoms with Gasteiger partial charge in [0.15, 0.2) is 5.65 Å². The second-order valence-electron chi connectivity index (χ2n) is 3.57. The summed E-state index contributed by atoms with van der Waals surface area (Å²) in [6, 6.07) is 3.65. The van der Waals surface area contributed by atoms with Crippen molar-refractivity contribution in [1.29, 1.82) is 0 Å². The van der Waals surface area contributed by atoms with E-state index >= 15 is 0 Å². The van der Waals surface area contributed by atoms with Gasteiger partial charge in [0.25, 0.3) is 0 Å². The molecule has 0 aliphatic heterocycles. The maximum Gasteiger partial charge on any atom is 0.245 e. The molecular formula is C11H11N5O2. The molecule has 3 aromatic rings. The van der Waals surface area contributed by atoms with Gasteiger partial charge in [-0.1, -0.05) is 0 Å². The third kappa shape index (κ3) is 1.86. The van der Waals surface area contributed by atoms with Crippen LogP contribution in [-0.2, 0) is 6.61 Å². The standard InChI is InChI=1S/C11H11N5O2/c1-12-11-15-9-8(13-6-14-9)10(16-11)18-5-7-3-2-4-17-7/h2-4,6H,5H2,1H3,(H2,12,13,14,15,16). The quantitative estimate of drug-likeness (QED) is 0.725. The summed E-state index contributed by atoms with van der Waals surface area (Å²) in [5.41, 5.74) is 1.23. The maximum absolute atomic E-state index is 5.61. The van der Waals surface area contributed by atoms with E-state index in [-0.39, 0.29) is 0 Å². The Morgan fingerprint density at radius 1 is 1.44 bits per heavy atom. The largest absolute Gasteiger partial charge is 0.468 e. The molecule has 0 spiro atoms. The zero-order chi connectivity index (χ0) is 12.4. The first-order chi connectivity index (χ1) is 8.86. The Hall–Kier alpha value is -2.57. The van der Waals surface area contributed by atoms with Gasteiger partial charge in [0.2, 0.25) is 11.8 Å². The number of ether oxygens (including phenoxy) is 1. The van der Waals surface area contributed by atoms with Gasteiger partial charge in [0.1, 0.15) is 17.9 Å². The summed E-state index contributed by atoms with van der Waals surface area (Å²) in [7, 11) is 1.74. The predicted molar refractivity (Wildman–Crippen MR) is 64.3 cm³/mol. The lowest BCUT2D eigenvalue weighted by Crippen LogP contribution is -2.02. The number of imidazole rings is 1. The fraction of sp³-hybridized carbons (Fsp3) is 0.182. The van der Waals surface area contributed by atoms with E-state index in [1.54, 1.807) is 19.6 Å². The lowest BCUT2D eigenvalue weighted by molar-refractivity contribution is 0.263. The van der Waals surface area contributed by atoms with E-state index in [0.29, 0.717) is 29.6 Å². The Morgan fingerprint density at radius 2 is 2.39 bits per heavy atom. The highest BCUT2D eigenvalue weighted by Gasteiger charge is 2.11. The smallest absolute Gasteiger partial charge is 0.245 e. The topological polar surface area (TPSA) is 88.9 Å². The first kappa shape index (κ1) is 10.6. The van der Waals surface area contributed by atoms with E-state index < -0.39 is 0 Å². The minimum atomic E-state index is 0.307. The molecule has 0 fully saturated rings. The average Bonchev–Trinajstić information content (AvgIpc) is 3.06. The summed E-state index contributed by atoms with van der Waals surface area (Å²) in [5.74, 6) is 1.63. The molecule has 3 heterocycles. The maximum atomic E-state index is 5.61. The molecule has 7 nitrogen and oxygen atoms in total. The number of H-pyrrole nitrogens is 1. The Kier molecular flexibility index (Phi) is 2.56. The van der Waals surface area contributed by atoms with Crippen LogP contribution >= 0.6 is 0 Å². The minimum Gasteiger partial charge on any atom is -0.468 e. The summed E-state index contributed by atoms with van der Waals surface area (Å²) >= 11 is 0. The van der Waals surface area contributed by atoms with E-state index in [1.807, 2.05) is 12.1 Å². The monoisotopic (exact) mass is 245 g/mol. The molecule has 0 bridgehead atoms. The normalized spacial score (nSPS) is 10.7. The third-order valence-corrected chi connectivity index (χ3v) is 2.41. The SMILES string of the molecule is CNc1nc(OCc2ccco2)c2[nH]cnc2n1. The Morgan fingerprint density at radius 3 is 3.17 bits per heavy atom. The number of fused-ring (bicyclic) bond motifs is 1. The van der Waals surface area contributed by atoms with Gasteiger partial charge in [-0.15, -0.1) is 0 Å². The molecule has 0 radical (unpaired) electrons. The minimum absolute atomic E-state index is 0.307. The van der Waals surface area contributed by atoms with Crippen LogP contribution < -0.4 is 10.1 Å². The van der Waals surface area contributed by atoms with Crippen molar-refractivity contribution in [2.24, 2.45) is 0 Å². The molecule has 7 heteroatoms. The van der Waals surface area contributed by atoms with Crippen molar-refractivity contribution in [2.45, 2.75) is 6.61 Å². The number of hydrogen-bond donors (Lipinski definition) is 2. The van der Waals surface area contributed by atoms with Crippen LogP contribution in [0, 0.1) is 0 Å². The molecule has 0 aliphatic carbocycles. The molecule has 18 heavy (non-hydrogen) atoms. The summed E-state index contributed by atoms with van der Waals surface area (Å²) in [6.07, 6.45) is 3.15. The lowest BCUT2D eigenvalue weighted by atomic mass is 10.5. The summed E-state index contributed by atoms with van der Waals surface area (Å²) in [6.45, 7) is 0.307. The number of rotatable bonds is 4. The highest BCUT2D eigenvalue weighted by molar-refractivity contribution is 5.76. The van der Waals surface area contributed by atoms with Crippen molar-refractivity contribution < 1.29 is 9.15 Å². The molecule has 0 aliphatic rings. The zero-order valence-electron chi connectivity index (χ0n) is 9.67. The molecule has 0 saturated heterocycles. The van der Waals surface area contributed by atoms with Gasteiger partial charge < -0.3 is 19.5 Å². The van der Waals surface area contributed by atoms with Crippen molar-refractivity contribution in [3.63, 3.8) is 0 Å². The number of aromatic amines is 1. The van der Waals surface area contributed by atoms with Gasteiger partial charge in [0, 0.05) is 7.05 Å². The van der Waals surface area contributed by atoms with E-state index in [4.69, 9.17) is 9.15 Å². The number of aromatic nitrogens is 4. The van der Waals surface area contributed by atoms with Crippen LogP contribution in [0.5, 0.6) is 5.88 Å². The molecule has 0 atom stereocenters. The van der Waals surface area contributed by atoms with Gasteiger partial charge in [-0.05, 0) is 12.1 Å². The second kappa shape index (κ2) is 4.36. The van der Waals surface area contributed by atoms with Gasteiger partial charge in [-0.2, -0.15) is 9.97 Å². The first-order valence-electron chi connectivity index (χ1n) is 5.41. The van der Waals surface area contributed by atoms with Crippen molar-refractivity contribution in [3.05, 3.63) is 30.5 Å². The van der Waals surface area contributed by atoms with Gasteiger partial charge in [-0.25, -0.2) is 4.98 Å². The molecule has 92 valence electrons. The number of anilines is 1. The van der Waals surface area contributed by atoms with Crippen molar-refractivity contribution >= 4 is 17.1 Å². The van der Waals surface area contributed by atoms with Crippen molar-refractivity contribution in [2.75, 3.05) is 12.4 Å². The van der Waals surface area contributed by atoms with Gasteiger partial charge in [0.05, 0.1) is 12.6 Å². The van der Waals surface area contributed by atoms with Crippen molar-refractivity contribution in [3.8, 4) is 5.88 Å². The number of furan rings is 1. The molecule has 3 rings (SSSR count). The first-order valence-corrected chi connectivity index (χ1v) is 5.41. The second-order valence-corrected chi connectivity index (χ2v) is 3.57. The fourth-order valence-electron chi connectivity index (χ4n) is 1.56. The van der Waals surface area contributed by atoms with Crippen LogP contribution in [0.3, 0.4) is 0 Å². The van der Waals surface area contributed by atoms with Crippen LogP contribution in [0.2, 0.25) is 0 Å². The summed E-state index contributed by atoms with van der Waals surface area (Å²) < 4.78 is 10.8. The molecular weight excluding hydrogens is 234 g/mol. The third-order valence-electron chi connectivity index (χ3n) is 2.41. The lowest BCUT2D eigenvalue weighted by Gasteiger charge is -2.05.